The SMILES string of the molecule is Cc1ccc2c(O[C@@H]3C[C@@H](C(=O)O)N(C(=O)OC(C)(C)C)C3)cc(-c3ccccc3)nc2n1. The van der Waals surface area contributed by atoms with Gasteiger partial charge in [0.2, 0.25) is 0 Å². The fourth-order valence-electron chi connectivity index (χ4n) is 3.84. The van der Waals surface area contributed by atoms with E-state index in [0.29, 0.717) is 17.1 Å². The quantitative estimate of drug-likeness (QED) is 0.628. The van der Waals surface area contributed by atoms with Gasteiger partial charge in [-0.1, -0.05) is 30.3 Å². The van der Waals surface area contributed by atoms with Crippen LogP contribution in [-0.4, -0.2) is 56.3 Å². The summed E-state index contributed by atoms with van der Waals surface area (Å²) in [5, 5.41) is 10.4. The van der Waals surface area contributed by atoms with Gasteiger partial charge in [0, 0.05) is 23.7 Å². The second kappa shape index (κ2) is 8.69. The fourth-order valence-corrected chi connectivity index (χ4v) is 3.84. The van der Waals surface area contributed by atoms with Gasteiger partial charge in [0.25, 0.3) is 0 Å². The minimum Gasteiger partial charge on any atom is -0.488 e. The molecule has 1 fully saturated rings. The van der Waals surface area contributed by atoms with E-state index in [2.05, 4.69) is 4.98 Å². The third-order valence-corrected chi connectivity index (χ3v) is 5.31. The molecule has 1 amide bonds. The Balaban J connectivity index is 1.67. The number of likely N-dealkylation sites (tertiary alicyclic amines) is 1. The average molecular weight is 450 g/mol. The first kappa shape index (κ1) is 22.5. The largest absolute Gasteiger partial charge is 0.488 e. The molecule has 0 aliphatic carbocycles. The Labute approximate surface area is 192 Å². The Morgan fingerprint density at radius 1 is 1.09 bits per heavy atom. The third-order valence-electron chi connectivity index (χ3n) is 5.31. The second-order valence-corrected chi connectivity index (χ2v) is 9.16. The number of carbonyl (C=O) groups excluding carboxylic acids is 1. The number of amides is 1. The Morgan fingerprint density at radius 2 is 1.82 bits per heavy atom. The van der Waals surface area contributed by atoms with Gasteiger partial charge in [0.05, 0.1) is 17.6 Å². The van der Waals surface area contributed by atoms with Crippen molar-refractivity contribution in [2.45, 2.75) is 51.9 Å². The molecule has 1 aliphatic heterocycles. The summed E-state index contributed by atoms with van der Waals surface area (Å²) >= 11 is 0. The molecule has 3 aromatic rings. The zero-order valence-corrected chi connectivity index (χ0v) is 19.1. The van der Waals surface area contributed by atoms with E-state index >= 15 is 0 Å². The van der Waals surface area contributed by atoms with Crippen LogP contribution in [0.15, 0.2) is 48.5 Å². The molecule has 2 atom stereocenters. The van der Waals surface area contributed by atoms with Crippen LogP contribution >= 0.6 is 0 Å². The lowest BCUT2D eigenvalue weighted by Crippen LogP contribution is -2.43. The first-order valence-electron chi connectivity index (χ1n) is 10.8. The number of hydrogen-bond donors (Lipinski definition) is 1. The number of carboxylic acids is 1. The number of ether oxygens (including phenoxy) is 2. The lowest BCUT2D eigenvalue weighted by Gasteiger charge is -2.26. The van der Waals surface area contributed by atoms with Gasteiger partial charge in [0.1, 0.15) is 23.5 Å². The number of aliphatic carboxylic acids is 1. The van der Waals surface area contributed by atoms with Crippen LogP contribution in [0, 0.1) is 6.92 Å². The first-order valence-corrected chi connectivity index (χ1v) is 10.8. The molecule has 0 bridgehead atoms. The number of aromatic nitrogens is 2. The van der Waals surface area contributed by atoms with Crippen molar-refractivity contribution in [1.82, 2.24) is 14.9 Å². The molecular formula is C25H27N3O5. The van der Waals surface area contributed by atoms with Crippen molar-refractivity contribution in [2.75, 3.05) is 6.54 Å². The number of rotatable bonds is 4. The number of carboxylic acid groups (broad SMARTS) is 1. The monoisotopic (exact) mass is 449 g/mol. The Kier molecular flexibility index (Phi) is 5.93. The van der Waals surface area contributed by atoms with E-state index in [1.165, 1.54) is 4.90 Å². The topological polar surface area (TPSA) is 102 Å². The van der Waals surface area contributed by atoms with Crippen molar-refractivity contribution < 1.29 is 24.2 Å². The van der Waals surface area contributed by atoms with Crippen LogP contribution < -0.4 is 4.74 Å². The third kappa shape index (κ3) is 5.05. The van der Waals surface area contributed by atoms with E-state index in [4.69, 9.17) is 14.5 Å². The lowest BCUT2D eigenvalue weighted by atomic mass is 10.1. The minimum atomic E-state index is -1.09. The van der Waals surface area contributed by atoms with E-state index in [9.17, 15) is 14.7 Å². The van der Waals surface area contributed by atoms with E-state index in [0.717, 1.165) is 16.6 Å². The van der Waals surface area contributed by atoms with Crippen molar-refractivity contribution in [1.29, 1.82) is 0 Å². The number of carbonyl (C=O) groups is 2. The molecular weight excluding hydrogens is 422 g/mol. The Morgan fingerprint density at radius 3 is 2.48 bits per heavy atom. The predicted molar refractivity (Wildman–Crippen MR) is 123 cm³/mol. The molecule has 8 heteroatoms. The molecule has 0 saturated carbocycles. The summed E-state index contributed by atoms with van der Waals surface area (Å²) in [7, 11) is 0. The van der Waals surface area contributed by atoms with E-state index in [-0.39, 0.29) is 13.0 Å². The molecule has 172 valence electrons. The smallest absolute Gasteiger partial charge is 0.411 e. The molecule has 4 rings (SSSR count). The van der Waals surface area contributed by atoms with Gasteiger partial charge in [-0.25, -0.2) is 19.6 Å². The second-order valence-electron chi connectivity index (χ2n) is 9.16. The van der Waals surface area contributed by atoms with Crippen molar-refractivity contribution >= 4 is 23.1 Å². The molecule has 0 radical (unpaired) electrons. The molecule has 1 N–H and O–H groups in total. The summed E-state index contributed by atoms with van der Waals surface area (Å²) in [5.74, 6) is -0.541. The van der Waals surface area contributed by atoms with Crippen LogP contribution in [0.4, 0.5) is 4.79 Å². The highest BCUT2D eigenvalue weighted by Crippen LogP contribution is 2.32. The highest BCUT2D eigenvalue weighted by Gasteiger charge is 2.42. The zero-order valence-electron chi connectivity index (χ0n) is 19.1. The molecule has 33 heavy (non-hydrogen) atoms. The standard InChI is InChI=1S/C25H27N3O5/c1-15-10-11-18-21(13-19(27-22(18)26-15)16-8-6-5-7-9-16)32-17-12-20(23(29)30)28(14-17)24(31)33-25(2,3)4/h5-11,13,17,20H,12,14H2,1-4H3,(H,29,30)/t17-,20+/m1/s1. The molecule has 1 aromatic carbocycles. The Hall–Kier alpha value is -3.68. The van der Waals surface area contributed by atoms with Crippen molar-refractivity contribution in [3.63, 3.8) is 0 Å². The maximum Gasteiger partial charge on any atom is 0.411 e. The highest BCUT2D eigenvalue weighted by atomic mass is 16.6. The molecule has 0 unspecified atom stereocenters. The molecule has 2 aromatic heterocycles. The Bertz CT molecular complexity index is 1190. The number of pyridine rings is 2. The molecule has 0 spiro atoms. The highest BCUT2D eigenvalue weighted by molar-refractivity contribution is 5.85. The average Bonchev–Trinajstić information content (AvgIpc) is 3.17. The van der Waals surface area contributed by atoms with Crippen LogP contribution in [0.2, 0.25) is 0 Å². The molecule has 1 aliphatic rings. The number of nitrogens with zero attached hydrogens (tertiary/aromatic N) is 3. The van der Waals surface area contributed by atoms with Crippen LogP contribution in [0.3, 0.4) is 0 Å². The van der Waals surface area contributed by atoms with Gasteiger partial charge >= 0.3 is 12.1 Å². The minimum absolute atomic E-state index is 0.107. The summed E-state index contributed by atoms with van der Waals surface area (Å²) in [4.78, 5) is 34.9. The normalized spacial score (nSPS) is 18.4. The maximum absolute atomic E-state index is 12.6. The number of benzene rings is 1. The number of aryl methyl sites for hydroxylation is 1. The van der Waals surface area contributed by atoms with Gasteiger partial charge in [0.15, 0.2) is 5.65 Å². The van der Waals surface area contributed by atoms with E-state index in [1.807, 2.05) is 55.5 Å². The maximum atomic E-state index is 12.6. The van der Waals surface area contributed by atoms with Crippen LogP contribution in [0.5, 0.6) is 5.75 Å². The van der Waals surface area contributed by atoms with Gasteiger partial charge in [-0.2, -0.15) is 0 Å². The number of fused-ring (bicyclic) bond motifs is 1. The summed E-state index contributed by atoms with van der Waals surface area (Å²) in [6.07, 6.45) is -1.03. The van der Waals surface area contributed by atoms with E-state index < -0.39 is 29.8 Å². The van der Waals surface area contributed by atoms with Crippen LogP contribution in [0.25, 0.3) is 22.3 Å². The first-order chi connectivity index (χ1) is 15.6. The lowest BCUT2D eigenvalue weighted by molar-refractivity contribution is -0.142. The van der Waals surface area contributed by atoms with Crippen molar-refractivity contribution in [3.05, 3.63) is 54.2 Å². The molecule has 8 nitrogen and oxygen atoms in total. The summed E-state index contributed by atoms with van der Waals surface area (Å²) in [5.41, 5.74) is 2.26. The van der Waals surface area contributed by atoms with Gasteiger partial charge < -0.3 is 14.6 Å². The fraction of sp³-hybridized carbons (Fsp3) is 0.360. The van der Waals surface area contributed by atoms with E-state index in [1.54, 1.807) is 20.8 Å². The predicted octanol–water partition coefficient (Wildman–Crippen LogP) is 4.45. The van der Waals surface area contributed by atoms with Gasteiger partial charge in [-0.05, 0) is 39.8 Å². The zero-order chi connectivity index (χ0) is 23.8. The van der Waals surface area contributed by atoms with Crippen LogP contribution in [-0.2, 0) is 9.53 Å². The molecule has 3 heterocycles. The number of hydrogen-bond acceptors (Lipinski definition) is 6. The van der Waals surface area contributed by atoms with Gasteiger partial charge in [-0.15, -0.1) is 0 Å². The molecule has 1 saturated heterocycles. The summed E-state index contributed by atoms with van der Waals surface area (Å²) in [6.45, 7) is 7.23. The van der Waals surface area contributed by atoms with Crippen molar-refractivity contribution in [3.8, 4) is 17.0 Å². The van der Waals surface area contributed by atoms with Gasteiger partial charge in [-0.3, -0.25) is 4.90 Å². The summed E-state index contributed by atoms with van der Waals surface area (Å²) in [6, 6.07) is 14.3. The van der Waals surface area contributed by atoms with Crippen LogP contribution in [0.1, 0.15) is 32.9 Å². The van der Waals surface area contributed by atoms with Crippen molar-refractivity contribution in [2.24, 2.45) is 0 Å². The summed E-state index contributed by atoms with van der Waals surface area (Å²) < 4.78 is 11.7.